The van der Waals surface area contributed by atoms with E-state index in [0.29, 0.717) is 0 Å². The van der Waals surface area contributed by atoms with E-state index in [1.807, 2.05) is 0 Å². The molecule has 1 unspecified atom stereocenters. The van der Waals surface area contributed by atoms with Crippen LogP contribution in [0.1, 0.15) is 39.5 Å². The lowest BCUT2D eigenvalue weighted by Crippen LogP contribution is -2.07. The Morgan fingerprint density at radius 1 is 1.64 bits per heavy atom. The fraction of sp³-hybridized carbons (Fsp3) is 0.636. The van der Waals surface area contributed by atoms with E-state index in [9.17, 15) is 0 Å². The fourth-order valence-electron chi connectivity index (χ4n) is 2.00. The summed E-state index contributed by atoms with van der Waals surface area (Å²) in [5.41, 5.74) is 3.16. The summed E-state index contributed by atoms with van der Waals surface area (Å²) >= 11 is 0. The van der Waals surface area contributed by atoms with Gasteiger partial charge in [-0.25, -0.2) is 0 Å². The van der Waals surface area contributed by atoms with Gasteiger partial charge in [-0.1, -0.05) is 32.1 Å². The number of hydrogen-bond acceptors (Lipinski definition) is 0. The second kappa shape index (κ2) is 3.75. The highest BCUT2D eigenvalue weighted by atomic mass is 14.2. The lowest BCUT2D eigenvalue weighted by Gasteiger charge is -2.23. The second-order valence-electron chi connectivity index (χ2n) is 3.41. The molecule has 0 aliphatic heterocycles. The van der Waals surface area contributed by atoms with Gasteiger partial charge in [-0.05, 0) is 37.2 Å². The largest absolute Gasteiger partial charge is 0.0988 e. The molecule has 0 amide bonds. The van der Waals surface area contributed by atoms with Crippen LogP contribution < -0.4 is 0 Å². The highest BCUT2D eigenvalue weighted by molar-refractivity contribution is 5.28. The summed E-state index contributed by atoms with van der Waals surface area (Å²) in [6.07, 6.45) is 7.31. The van der Waals surface area contributed by atoms with Crippen molar-refractivity contribution in [1.82, 2.24) is 0 Å². The first kappa shape index (κ1) is 8.58. The van der Waals surface area contributed by atoms with Crippen LogP contribution in [0.25, 0.3) is 0 Å². The van der Waals surface area contributed by atoms with Gasteiger partial charge in [-0.15, -0.1) is 0 Å². The zero-order valence-electron chi connectivity index (χ0n) is 7.69. The van der Waals surface area contributed by atoms with Crippen LogP contribution in [0, 0.1) is 5.92 Å². The lowest BCUT2D eigenvalue weighted by atomic mass is 9.83. The fourth-order valence-corrected chi connectivity index (χ4v) is 2.00. The van der Waals surface area contributed by atoms with Gasteiger partial charge in [0.1, 0.15) is 0 Å². The summed E-state index contributed by atoms with van der Waals surface area (Å²) in [7, 11) is 0. The van der Waals surface area contributed by atoms with E-state index >= 15 is 0 Å². The molecule has 0 spiro atoms. The standard InChI is InChI=1S/C11H18/c1-4-10-8-6-7-9(3)11(10)5-2/h5,9H,2,4,6-8H2,1,3H3. The van der Waals surface area contributed by atoms with Crippen LogP contribution in [-0.4, -0.2) is 0 Å². The third-order valence-electron chi connectivity index (χ3n) is 2.70. The highest BCUT2D eigenvalue weighted by Crippen LogP contribution is 2.31. The van der Waals surface area contributed by atoms with E-state index in [1.165, 1.54) is 31.3 Å². The van der Waals surface area contributed by atoms with Gasteiger partial charge in [0, 0.05) is 0 Å². The predicted octanol–water partition coefficient (Wildman–Crippen LogP) is 3.70. The number of hydrogen-bond donors (Lipinski definition) is 0. The molecule has 1 aliphatic carbocycles. The smallest absolute Gasteiger partial charge is 0.0191 e. The molecule has 0 N–H and O–H groups in total. The van der Waals surface area contributed by atoms with E-state index < -0.39 is 0 Å². The summed E-state index contributed by atoms with van der Waals surface area (Å²) in [5, 5.41) is 0. The maximum absolute atomic E-state index is 3.88. The molecule has 11 heavy (non-hydrogen) atoms. The molecule has 0 heteroatoms. The summed E-state index contributed by atoms with van der Waals surface area (Å²) in [6.45, 7) is 8.43. The van der Waals surface area contributed by atoms with Crippen molar-refractivity contribution in [2.45, 2.75) is 39.5 Å². The van der Waals surface area contributed by atoms with Gasteiger partial charge in [0.15, 0.2) is 0 Å². The molecule has 0 aromatic rings. The van der Waals surface area contributed by atoms with Gasteiger partial charge in [0.05, 0.1) is 0 Å². The maximum atomic E-state index is 3.88. The minimum Gasteiger partial charge on any atom is -0.0988 e. The van der Waals surface area contributed by atoms with Crippen LogP contribution in [0.15, 0.2) is 23.8 Å². The monoisotopic (exact) mass is 150 g/mol. The van der Waals surface area contributed by atoms with E-state index in [0.717, 1.165) is 5.92 Å². The topological polar surface area (TPSA) is 0 Å². The third kappa shape index (κ3) is 1.74. The molecule has 0 nitrogen and oxygen atoms in total. The van der Waals surface area contributed by atoms with Crippen molar-refractivity contribution < 1.29 is 0 Å². The Balaban J connectivity index is 2.85. The first-order chi connectivity index (χ1) is 5.29. The quantitative estimate of drug-likeness (QED) is 0.563. The SMILES string of the molecule is C=CC1=C(CC)CCCC1C. The number of rotatable bonds is 2. The Bertz CT molecular complexity index is 174. The van der Waals surface area contributed by atoms with E-state index in [4.69, 9.17) is 0 Å². The summed E-state index contributed by atoms with van der Waals surface area (Å²) in [4.78, 5) is 0. The Labute approximate surface area is 70.0 Å². The molecule has 0 aromatic carbocycles. The van der Waals surface area contributed by atoms with Gasteiger partial charge in [-0.2, -0.15) is 0 Å². The van der Waals surface area contributed by atoms with Crippen molar-refractivity contribution in [2.75, 3.05) is 0 Å². The Kier molecular flexibility index (Phi) is 2.92. The van der Waals surface area contributed by atoms with Gasteiger partial charge >= 0.3 is 0 Å². The first-order valence-electron chi connectivity index (χ1n) is 4.64. The molecule has 0 fully saturated rings. The Hall–Kier alpha value is -0.520. The van der Waals surface area contributed by atoms with Crippen molar-refractivity contribution in [2.24, 2.45) is 5.92 Å². The van der Waals surface area contributed by atoms with Crippen molar-refractivity contribution >= 4 is 0 Å². The van der Waals surface area contributed by atoms with Crippen LogP contribution in [0.3, 0.4) is 0 Å². The summed E-state index contributed by atoms with van der Waals surface area (Å²) < 4.78 is 0. The van der Waals surface area contributed by atoms with Crippen molar-refractivity contribution in [3.8, 4) is 0 Å². The molecular weight excluding hydrogens is 132 g/mol. The van der Waals surface area contributed by atoms with Gasteiger partial charge < -0.3 is 0 Å². The first-order valence-corrected chi connectivity index (χ1v) is 4.64. The number of allylic oxidation sites excluding steroid dienone is 3. The zero-order chi connectivity index (χ0) is 8.27. The molecule has 0 saturated heterocycles. The Morgan fingerprint density at radius 2 is 2.36 bits per heavy atom. The predicted molar refractivity (Wildman–Crippen MR) is 50.5 cm³/mol. The van der Waals surface area contributed by atoms with Crippen LogP contribution in [-0.2, 0) is 0 Å². The van der Waals surface area contributed by atoms with E-state index in [1.54, 1.807) is 5.57 Å². The molecule has 0 saturated carbocycles. The normalized spacial score (nSPS) is 25.5. The van der Waals surface area contributed by atoms with Crippen LogP contribution in [0.4, 0.5) is 0 Å². The molecule has 0 bridgehead atoms. The third-order valence-corrected chi connectivity index (χ3v) is 2.70. The molecule has 1 atom stereocenters. The summed E-state index contributed by atoms with van der Waals surface area (Å²) in [5.74, 6) is 0.760. The molecule has 0 aromatic heterocycles. The van der Waals surface area contributed by atoms with E-state index in [2.05, 4.69) is 26.5 Å². The van der Waals surface area contributed by atoms with Gasteiger partial charge in [0.25, 0.3) is 0 Å². The molecule has 62 valence electrons. The maximum Gasteiger partial charge on any atom is -0.0191 e. The van der Waals surface area contributed by atoms with Crippen LogP contribution in [0.5, 0.6) is 0 Å². The van der Waals surface area contributed by atoms with Crippen LogP contribution in [0.2, 0.25) is 0 Å². The molecule has 0 heterocycles. The Morgan fingerprint density at radius 3 is 2.82 bits per heavy atom. The summed E-state index contributed by atoms with van der Waals surface area (Å²) in [6, 6.07) is 0. The molecule has 0 radical (unpaired) electrons. The molecular formula is C11H18. The van der Waals surface area contributed by atoms with Gasteiger partial charge in [-0.3, -0.25) is 0 Å². The van der Waals surface area contributed by atoms with Crippen LogP contribution >= 0.6 is 0 Å². The van der Waals surface area contributed by atoms with Crippen molar-refractivity contribution in [3.05, 3.63) is 23.8 Å². The second-order valence-corrected chi connectivity index (χ2v) is 3.41. The van der Waals surface area contributed by atoms with Gasteiger partial charge in [0.2, 0.25) is 0 Å². The average molecular weight is 150 g/mol. The molecule has 1 rings (SSSR count). The minimum atomic E-state index is 0.760. The molecule has 1 aliphatic rings. The van der Waals surface area contributed by atoms with Crippen molar-refractivity contribution in [3.63, 3.8) is 0 Å². The zero-order valence-corrected chi connectivity index (χ0v) is 7.69. The lowest BCUT2D eigenvalue weighted by molar-refractivity contribution is 0.538. The van der Waals surface area contributed by atoms with E-state index in [-0.39, 0.29) is 0 Å². The van der Waals surface area contributed by atoms with Crippen molar-refractivity contribution in [1.29, 1.82) is 0 Å². The minimum absolute atomic E-state index is 0.760. The highest BCUT2D eigenvalue weighted by Gasteiger charge is 2.15. The average Bonchev–Trinajstić information content (AvgIpc) is 2.04.